The minimum Gasteiger partial charge on any atom is -0.479 e. The molecule has 0 radical (unpaired) electrons. The molecule has 0 unspecified atom stereocenters. The molecule has 9 heteroatoms. The third kappa shape index (κ3) is 3.87. The molecule has 0 amide bonds. The van der Waals surface area contributed by atoms with E-state index in [-0.39, 0.29) is 19.0 Å². The molecule has 0 aliphatic heterocycles. The van der Waals surface area contributed by atoms with Gasteiger partial charge in [-0.1, -0.05) is 29.8 Å². The normalized spacial score (nSPS) is 42.8. The number of aliphatic carboxylic acids is 1. The monoisotopic (exact) mass is 529 g/mol. The van der Waals surface area contributed by atoms with Gasteiger partial charge in [-0.15, -0.1) is 0 Å². The number of alkyl halides is 1. The number of ether oxygens (including phenoxy) is 3. The number of carbonyl (C=O) groups is 3. The number of aryl methyl sites for hydroxylation is 1. The Morgan fingerprint density at radius 3 is 2.24 bits per heavy atom. The van der Waals surface area contributed by atoms with Crippen LogP contribution in [0, 0.1) is 41.9 Å². The van der Waals surface area contributed by atoms with Gasteiger partial charge >= 0.3 is 17.9 Å². The second kappa shape index (κ2) is 8.74. The minimum absolute atomic E-state index is 0.0215. The van der Waals surface area contributed by atoms with Crippen LogP contribution in [0.3, 0.4) is 0 Å². The molecule has 7 rings (SSSR count). The molecule has 0 aromatic heterocycles. The standard InChI is InChI=1S/C29H36FNO7/c1-15-4-3-5-17(6-15)14-36-22-10-21-23(28(21,30)24(32)33)29(22,31)26(35)38-16(2)37-25(34)27-11-18-7-19(12-27)9-20(8-18)13-27/h3-6,16,18-23H,7-14,31H2,1-2H3,(H,32,33)/t16-,18?,19?,20?,21+,22+,23-,27?,28+,29-/m0/s1. The van der Waals surface area contributed by atoms with E-state index in [0.29, 0.717) is 17.8 Å². The van der Waals surface area contributed by atoms with Crippen LogP contribution in [-0.4, -0.2) is 46.6 Å². The van der Waals surface area contributed by atoms with Crippen LogP contribution >= 0.6 is 0 Å². The van der Waals surface area contributed by atoms with Crippen molar-refractivity contribution < 1.29 is 38.1 Å². The second-order valence-electron chi connectivity index (χ2n) is 12.7. The minimum atomic E-state index is -2.62. The number of carboxylic acid groups (broad SMARTS) is 1. The largest absolute Gasteiger partial charge is 0.479 e. The Labute approximate surface area is 221 Å². The third-order valence-corrected chi connectivity index (χ3v) is 10.0. The lowest BCUT2D eigenvalue weighted by Crippen LogP contribution is -2.61. The van der Waals surface area contributed by atoms with Gasteiger partial charge in [0.2, 0.25) is 12.0 Å². The van der Waals surface area contributed by atoms with Crippen LogP contribution in [0.4, 0.5) is 4.39 Å². The summed E-state index contributed by atoms with van der Waals surface area (Å²) in [6.45, 7) is 3.51. The highest BCUT2D eigenvalue weighted by atomic mass is 19.1. The molecule has 6 aliphatic rings. The van der Waals surface area contributed by atoms with Crippen LogP contribution in [0.2, 0.25) is 0 Å². The summed E-state index contributed by atoms with van der Waals surface area (Å²) in [5.74, 6) is -3.60. The summed E-state index contributed by atoms with van der Waals surface area (Å²) in [5, 5.41) is 9.52. The Morgan fingerprint density at radius 1 is 1.05 bits per heavy atom. The zero-order valence-electron chi connectivity index (χ0n) is 21.9. The summed E-state index contributed by atoms with van der Waals surface area (Å²) in [7, 11) is 0. The summed E-state index contributed by atoms with van der Waals surface area (Å²) < 4.78 is 32.5. The highest BCUT2D eigenvalue weighted by molar-refractivity contribution is 5.91. The van der Waals surface area contributed by atoms with E-state index in [4.69, 9.17) is 19.9 Å². The van der Waals surface area contributed by atoms with Gasteiger partial charge in [0, 0.05) is 18.8 Å². The molecule has 1 aromatic rings. The highest BCUT2D eigenvalue weighted by Gasteiger charge is 2.85. The van der Waals surface area contributed by atoms with Gasteiger partial charge in [0.1, 0.15) is 5.54 Å². The van der Waals surface area contributed by atoms with E-state index < -0.39 is 52.8 Å². The molecule has 0 spiro atoms. The molecule has 0 heterocycles. The number of esters is 2. The lowest BCUT2D eigenvalue weighted by Gasteiger charge is -2.55. The summed E-state index contributed by atoms with van der Waals surface area (Å²) in [5.41, 5.74) is 3.24. The maximum atomic E-state index is 15.3. The topological polar surface area (TPSA) is 125 Å². The van der Waals surface area contributed by atoms with E-state index in [0.717, 1.165) is 30.4 Å². The molecule has 6 aliphatic carbocycles. The molecule has 8 nitrogen and oxygen atoms in total. The Balaban J connectivity index is 1.15. The van der Waals surface area contributed by atoms with Crippen molar-refractivity contribution in [3.63, 3.8) is 0 Å². The Morgan fingerprint density at radius 2 is 1.66 bits per heavy atom. The van der Waals surface area contributed by atoms with Crippen molar-refractivity contribution in [3.8, 4) is 0 Å². The number of hydrogen-bond acceptors (Lipinski definition) is 7. The van der Waals surface area contributed by atoms with Gasteiger partial charge in [0.15, 0.2) is 0 Å². The first-order valence-corrected chi connectivity index (χ1v) is 13.8. The number of carboxylic acids is 1. The summed E-state index contributed by atoms with van der Waals surface area (Å²) in [6, 6.07) is 7.60. The van der Waals surface area contributed by atoms with Crippen LogP contribution in [0.1, 0.15) is 63.0 Å². The number of benzene rings is 1. The van der Waals surface area contributed by atoms with E-state index in [2.05, 4.69) is 0 Å². The van der Waals surface area contributed by atoms with Crippen LogP contribution in [0.15, 0.2) is 24.3 Å². The summed E-state index contributed by atoms with van der Waals surface area (Å²) in [4.78, 5) is 38.5. The fourth-order valence-electron chi connectivity index (χ4n) is 8.71. The van der Waals surface area contributed by atoms with E-state index in [1.807, 2.05) is 31.2 Å². The fraction of sp³-hybridized carbons (Fsp3) is 0.690. The lowest BCUT2D eigenvalue weighted by molar-refractivity contribution is -0.206. The van der Waals surface area contributed by atoms with E-state index in [1.165, 1.54) is 26.2 Å². The highest BCUT2D eigenvalue weighted by Crippen LogP contribution is 2.67. The summed E-state index contributed by atoms with van der Waals surface area (Å²) in [6.07, 6.45) is 3.74. The van der Waals surface area contributed by atoms with Crippen molar-refractivity contribution in [2.24, 2.45) is 40.7 Å². The average Bonchev–Trinajstić information content (AvgIpc) is 3.32. The number of carbonyl (C=O) groups excluding carboxylic acids is 2. The van der Waals surface area contributed by atoms with E-state index in [1.54, 1.807) is 0 Å². The smallest absolute Gasteiger partial charge is 0.342 e. The Hall–Kier alpha value is -2.52. The quantitative estimate of drug-likeness (QED) is 0.386. The number of halogens is 1. The molecule has 1 aromatic carbocycles. The first kappa shape index (κ1) is 25.7. The molecule has 6 fully saturated rings. The van der Waals surface area contributed by atoms with Crippen molar-refractivity contribution >= 4 is 17.9 Å². The summed E-state index contributed by atoms with van der Waals surface area (Å²) >= 11 is 0. The van der Waals surface area contributed by atoms with Crippen LogP contribution in [0.5, 0.6) is 0 Å². The predicted molar refractivity (Wildman–Crippen MR) is 132 cm³/mol. The Kier molecular flexibility index (Phi) is 5.92. The maximum Gasteiger partial charge on any atom is 0.342 e. The average molecular weight is 530 g/mol. The van der Waals surface area contributed by atoms with Gasteiger partial charge in [-0.05, 0) is 75.2 Å². The number of fused-ring (bicyclic) bond motifs is 1. The van der Waals surface area contributed by atoms with Crippen LogP contribution < -0.4 is 5.73 Å². The zero-order valence-corrected chi connectivity index (χ0v) is 21.9. The molecule has 4 bridgehead atoms. The number of hydrogen-bond donors (Lipinski definition) is 2. The van der Waals surface area contributed by atoms with Crippen molar-refractivity contribution in [1.29, 1.82) is 0 Å². The van der Waals surface area contributed by atoms with Crippen molar-refractivity contribution in [1.82, 2.24) is 0 Å². The van der Waals surface area contributed by atoms with Gasteiger partial charge in [-0.2, -0.15) is 0 Å². The predicted octanol–water partition coefficient (Wildman–Crippen LogP) is 3.67. The van der Waals surface area contributed by atoms with E-state index >= 15 is 4.39 Å². The molecule has 6 atom stereocenters. The molecule has 3 N–H and O–H groups in total. The van der Waals surface area contributed by atoms with Crippen LogP contribution in [0.25, 0.3) is 0 Å². The van der Waals surface area contributed by atoms with Gasteiger partial charge in [0.25, 0.3) is 0 Å². The van der Waals surface area contributed by atoms with Crippen molar-refractivity contribution in [2.75, 3.05) is 0 Å². The van der Waals surface area contributed by atoms with Gasteiger partial charge < -0.3 is 25.1 Å². The molecule has 0 saturated heterocycles. The molecular weight excluding hydrogens is 493 g/mol. The van der Waals surface area contributed by atoms with Crippen molar-refractivity contribution in [3.05, 3.63) is 35.4 Å². The molecular formula is C29H36FNO7. The number of rotatable bonds is 8. The Bertz CT molecular complexity index is 1140. The molecule has 6 saturated carbocycles. The fourth-order valence-corrected chi connectivity index (χ4v) is 8.71. The first-order chi connectivity index (χ1) is 18.0. The van der Waals surface area contributed by atoms with Crippen molar-refractivity contribution in [2.45, 2.75) is 89.0 Å². The SMILES string of the molecule is Cc1cccc(CO[C@@H]2C[C@@H]3[C@H]([C@]2(N)C(=O)O[C@@H](C)OC(=O)C24CC5CC(CC(C5)C2)C4)[C@@]3(F)C(=O)O)c1. The molecule has 38 heavy (non-hydrogen) atoms. The molecule has 206 valence electrons. The second-order valence-corrected chi connectivity index (χ2v) is 12.7. The maximum absolute atomic E-state index is 15.3. The third-order valence-electron chi connectivity index (χ3n) is 10.0. The van der Waals surface area contributed by atoms with E-state index in [9.17, 15) is 19.5 Å². The first-order valence-electron chi connectivity index (χ1n) is 13.8. The van der Waals surface area contributed by atoms with Gasteiger partial charge in [-0.3, -0.25) is 4.79 Å². The lowest BCUT2D eigenvalue weighted by atomic mass is 9.49. The number of nitrogens with two attached hydrogens (primary N) is 1. The van der Waals surface area contributed by atoms with Gasteiger partial charge in [0.05, 0.1) is 18.1 Å². The zero-order chi connectivity index (χ0) is 27.0. The van der Waals surface area contributed by atoms with Crippen LogP contribution in [-0.2, 0) is 35.2 Å². The van der Waals surface area contributed by atoms with Gasteiger partial charge in [-0.25, -0.2) is 14.0 Å².